The van der Waals surface area contributed by atoms with Crippen molar-refractivity contribution in [2.75, 3.05) is 0 Å². The van der Waals surface area contributed by atoms with E-state index >= 15 is 0 Å². The highest BCUT2D eigenvalue weighted by Crippen LogP contribution is 2.30. The molecule has 26 heavy (non-hydrogen) atoms. The maximum atomic E-state index is 12.8. The standard InChI is InChI=1S/C20H18BrNO4/c1-12(2)16(20(25)26-17(21)13-8-4-3-5-9-13)22-18(23)14-10-6-7-11-15(14)19(22)24/h3-12,16-17H,1-2H3. The molecular weight excluding hydrogens is 398 g/mol. The summed E-state index contributed by atoms with van der Waals surface area (Å²) >= 11 is 3.34. The largest absolute Gasteiger partial charge is 0.444 e. The Bertz CT molecular complexity index is 815. The van der Waals surface area contributed by atoms with Gasteiger partial charge in [0.2, 0.25) is 0 Å². The van der Waals surface area contributed by atoms with Crippen molar-refractivity contribution >= 4 is 33.7 Å². The molecule has 0 radical (unpaired) electrons. The van der Waals surface area contributed by atoms with E-state index in [9.17, 15) is 14.4 Å². The first kappa shape index (κ1) is 18.3. The van der Waals surface area contributed by atoms with E-state index in [1.54, 1.807) is 38.1 Å². The fraction of sp³-hybridized carbons (Fsp3) is 0.250. The van der Waals surface area contributed by atoms with Crippen LogP contribution < -0.4 is 0 Å². The number of carbonyl (C=O) groups is 3. The lowest BCUT2D eigenvalue weighted by atomic mass is 10.0. The zero-order valence-corrected chi connectivity index (χ0v) is 16.0. The molecule has 2 atom stereocenters. The van der Waals surface area contributed by atoms with Crippen LogP contribution in [-0.2, 0) is 9.53 Å². The molecule has 1 aliphatic rings. The van der Waals surface area contributed by atoms with Gasteiger partial charge in [-0.2, -0.15) is 0 Å². The van der Waals surface area contributed by atoms with Gasteiger partial charge in [-0.25, -0.2) is 4.79 Å². The number of ether oxygens (including phenoxy) is 1. The predicted molar refractivity (Wildman–Crippen MR) is 99.8 cm³/mol. The minimum absolute atomic E-state index is 0.291. The van der Waals surface area contributed by atoms with Gasteiger partial charge in [-0.3, -0.25) is 14.5 Å². The zero-order valence-electron chi connectivity index (χ0n) is 14.4. The number of esters is 1. The van der Waals surface area contributed by atoms with Gasteiger partial charge in [0.05, 0.1) is 11.1 Å². The molecular formula is C20H18BrNO4. The van der Waals surface area contributed by atoms with E-state index in [0.29, 0.717) is 11.1 Å². The summed E-state index contributed by atoms with van der Waals surface area (Å²) in [6.07, 6.45) is 0. The molecule has 0 saturated carbocycles. The number of nitrogens with zero attached hydrogens (tertiary/aromatic N) is 1. The van der Waals surface area contributed by atoms with E-state index in [1.165, 1.54) is 0 Å². The van der Waals surface area contributed by atoms with Gasteiger partial charge < -0.3 is 4.74 Å². The molecule has 6 heteroatoms. The van der Waals surface area contributed by atoms with Crippen molar-refractivity contribution in [1.82, 2.24) is 4.90 Å². The van der Waals surface area contributed by atoms with Gasteiger partial charge in [0, 0.05) is 5.56 Å². The molecule has 0 saturated heterocycles. The molecule has 0 spiro atoms. The Morgan fingerprint density at radius 1 is 0.923 bits per heavy atom. The van der Waals surface area contributed by atoms with Crippen molar-refractivity contribution in [1.29, 1.82) is 0 Å². The van der Waals surface area contributed by atoms with Crippen LogP contribution in [0.1, 0.15) is 45.1 Å². The van der Waals surface area contributed by atoms with Crippen LogP contribution in [0.4, 0.5) is 0 Å². The topological polar surface area (TPSA) is 63.7 Å². The van der Waals surface area contributed by atoms with Gasteiger partial charge in [-0.1, -0.05) is 56.3 Å². The van der Waals surface area contributed by atoms with Crippen molar-refractivity contribution in [3.8, 4) is 0 Å². The van der Waals surface area contributed by atoms with E-state index in [-0.39, 0.29) is 5.92 Å². The first-order valence-corrected chi connectivity index (χ1v) is 9.19. The highest BCUT2D eigenvalue weighted by molar-refractivity contribution is 9.09. The van der Waals surface area contributed by atoms with E-state index in [4.69, 9.17) is 4.74 Å². The lowest BCUT2D eigenvalue weighted by Crippen LogP contribution is -2.48. The Labute approximate surface area is 160 Å². The van der Waals surface area contributed by atoms with Crippen molar-refractivity contribution < 1.29 is 19.1 Å². The molecule has 0 fully saturated rings. The van der Waals surface area contributed by atoms with Crippen LogP contribution in [0.2, 0.25) is 0 Å². The van der Waals surface area contributed by atoms with Crippen LogP contribution in [0.5, 0.6) is 0 Å². The molecule has 134 valence electrons. The van der Waals surface area contributed by atoms with Crippen LogP contribution in [0.15, 0.2) is 54.6 Å². The van der Waals surface area contributed by atoms with Crippen LogP contribution in [0, 0.1) is 5.92 Å². The van der Waals surface area contributed by atoms with Crippen LogP contribution in [-0.4, -0.2) is 28.7 Å². The molecule has 2 aromatic carbocycles. The summed E-state index contributed by atoms with van der Waals surface area (Å²) < 4.78 is 5.50. The van der Waals surface area contributed by atoms with Gasteiger partial charge in [-0.15, -0.1) is 0 Å². The smallest absolute Gasteiger partial charge is 0.331 e. The third-order valence-electron chi connectivity index (χ3n) is 4.26. The summed E-state index contributed by atoms with van der Waals surface area (Å²) in [4.78, 5) is 39.2. The maximum Gasteiger partial charge on any atom is 0.331 e. The fourth-order valence-electron chi connectivity index (χ4n) is 2.98. The van der Waals surface area contributed by atoms with Gasteiger partial charge in [0.25, 0.3) is 11.8 Å². The number of rotatable bonds is 5. The first-order valence-electron chi connectivity index (χ1n) is 8.28. The lowest BCUT2D eigenvalue weighted by molar-refractivity contribution is -0.151. The Kier molecular flexibility index (Phi) is 5.23. The predicted octanol–water partition coefficient (Wildman–Crippen LogP) is 3.94. The van der Waals surface area contributed by atoms with Gasteiger partial charge in [-0.05, 0) is 34.0 Å². The quantitative estimate of drug-likeness (QED) is 0.421. The minimum atomic E-state index is -0.994. The Morgan fingerprint density at radius 2 is 1.42 bits per heavy atom. The van der Waals surface area contributed by atoms with E-state index in [0.717, 1.165) is 10.5 Å². The zero-order chi connectivity index (χ0) is 18.8. The molecule has 0 aliphatic carbocycles. The van der Waals surface area contributed by atoms with E-state index < -0.39 is 28.8 Å². The molecule has 3 rings (SSSR count). The number of fused-ring (bicyclic) bond motifs is 1. The van der Waals surface area contributed by atoms with Crippen LogP contribution in [0.25, 0.3) is 0 Å². The van der Waals surface area contributed by atoms with Gasteiger partial charge >= 0.3 is 5.97 Å². The molecule has 5 nitrogen and oxygen atoms in total. The molecule has 0 N–H and O–H groups in total. The Morgan fingerprint density at radius 3 is 1.92 bits per heavy atom. The minimum Gasteiger partial charge on any atom is -0.444 e. The summed E-state index contributed by atoms with van der Waals surface area (Å²) in [5.41, 5.74) is 1.40. The number of carbonyl (C=O) groups excluding carboxylic acids is 3. The van der Waals surface area contributed by atoms with Crippen molar-refractivity contribution in [2.45, 2.75) is 24.9 Å². The summed E-state index contributed by atoms with van der Waals surface area (Å²) in [7, 11) is 0. The molecule has 2 unspecified atom stereocenters. The fourth-order valence-corrected chi connectivity index (χ4v) is 3.47. The summed E-state index contributed by atoms with van der Waals surface area (Å²) in [5.74, 6) is -1.85. The maximum absolute atomic E-state index is 12.8. The number of hydrogen-bond donors (Lipinski definition) is 0. The third kappa shape index (κ3) is 3.29. The summed E-state index contributed by atoms with van der Waals surface area (Å²) in [6, 6.07) is 14.7. The molecule has 2 aromatic rings. The number of hydrogen-bond acceptors (Lipinski definition) is 4. The number of alkyl halides is 1. The monoisotopic (exact) mass is 415 g/mol. The Hall–Kier alpha value is -2.47. The first-order chi connectivity index (χ1) is 12.4. The molecule has 0 aromatic heterocycles. The van der Waals surface area contributed by atoms with Crippen molar-refractivity contribution in [3.63, 3.8) is 0 Å². The summed E-state index contributed by atoms with van der Waals surface area (Å²) in [6.45, 7) is 3.56. The van der Waals surface area contributed by atoms with Gasteiger partial charge in [0.15, 0.2) is 5.01 Å². The van der Waals surface area contributed by atoms with Crippen LogP contribution >= 0.6 is 15.9 Å². The van der Waals surface area contributed by atoms with E-state index in [2.05, 4.69) is 15.9 Å². The SMILES string of the molecule is CC(C)C(C(=O)OC(Br)c1ccccc1)N1C(=O)c2ccccc2C1=O. The number of benzene rings is 2. The number of imide groups is 1. The Balaban J connectivity index is 1.85. The number of halogens is 1. The van der Waals surface area contributed by atoms with Crippen molar-refractivity contribution in [2.24, 2.45) is 5.92 Å². The van der Waals surface area contributed by atoms with Gasteiger partial charge in [0.1, 0.15) is 6.04 Å². The molecule has 0 bridgehead atoms. The average molecular weight is 416 g/mol. The van der Waals surface area contributed by atoms with Crippen molar-refractivity contribution in [3.05, 3.63) is 71.3 Å². The highest BCUT2D eigenvalue weighted by atomic mass is 79.9. The van der Waals surface area contributed by atoms with E-state index in [1.807, 2.05) is 30.3 Å². The molecule has 1 aliphatic heterocycles. The molecule has 2 amide bonds. The second-order valence-electron chi connectivity index (χ2n) is 6.38. The van der Waals surface area contributed by atoms with Crippen LogP contribution in [0.3, 0.4) is 0 Å². The lowest BCUT2D eigenvalue weighted by Gasteiger charge is -2.28. The highest BCUT2D eigenvalue weighted by Gasteiger charge is 2.45. The number of amides is 2. The molecule has 1 heterocycles. The second kappa shape index (κ2) is 7.41. The summed E-state index contributed by atoms with van der Waals surface area (Å²) in [5, 5.41) is -0.660. The normalized spacial score (nSPS) is 15.8. The second-order valence-corrected chi connectivity index (χ2v) is 7.21. The third-order valence-corrected chi connectivity index (χ3v) is 4.97. The average Bonchev–Trinajstić information content (AvgIpc) is 2.88.